The third kappa shape index (κ3) is 4.46. The molecule has 0 radical (unpaired) electrons. The summed E-state index contributed by atoms with van der Waals surface area (Å²) < 4.78 is 5.49. The topological polar surface area (TPSA) is 67.4 Å². The van der Waals surface area contributed by atoms with Gasteiger partial charge in [-0.2, -0.15) is 0 Å². The summed E-state index contributed by atoms with van der Waals surface area (Å²) in [6.07, 6.45) is 0. The van der Waals surface area contributed by atoms with E-state index in [0.29, 0.717) is 30.3 Å². The lowest BCUT2D eigenvalue weighted by molar-refractivity contribution is 0.0162. The van der Waals surface area contributed by atoms with E-state index in [0.717, 1.165) is 41.1 Å². The number of nitrogens with one attached hydrogen (secondary N) is 1. The van der Waals surface area contributed by atoms with Crippen LogP contribution in [0.2, 0.25) is 5.02 Å². The highest BCUT2D eigenvalue weighted by atomic mass is 35.5. The third-order valence-corrected chi connectivity index (χ3v) is 5.89. The summed E-state index contributed by atoms with van der Waals surface area (Å²) in [6.45, 7) is 7.27. The fourth-order valence-corrected chi connectivity index (χ4v) is 4.00. The lowest BCUT2D eigenvalue weighted by Gasteiger charge is -2.35. The van der Waals surface area contributed by atoms with Crippen molar-refractivity contribution in [1.82, 2.24) is 20.2 Å². The first-order valence-corrected chi connectivity index (χ1v) is 10.5. The number of fused-ring (bicyclic) bond motifs is 1. The fourth-order valence-electron chi connectivity index (χ4n) is 3.73. The van der Waals surface area contributed by atoms with Gasteiger partial charge in [0.1, 0.15) is 0 Å². The van der Waals surface area contributed by atoms with Gasteiger partial charge in [0.05, 0.1) is 41.7 Å². The molecule has 7 heteroatoms. The molecule has 6 nitrogen and oxygen atoms in total. The van der Waals surface area contributed by atoms with E-state index >= 15 is 0 Å². The number of hydrogen-bond donors (Lipinski definition) is 1. The Balaban J connectivity index is 1.54. The Labute approximate surface area is 181 Å². The Bertz CT molecular complexity index is 1070. The van der Waals surface area contributed by atoms with Crippen LogP contribution in [0.4, 0.5) is 0 Å². The highest BCUT2D eigenvalue weighted by Crippen LogP contribution is 2.28. The molecule has 1 amide bonds. The van der Waals surface area contributed by atoms with E-state index in [-0.39, 0.29) is 11.9 Å². The molecule has 1 saturated heterocycles. The highest BCUT2D eigenvalue weighted by Gasteiger charge is 2.25. The molecule has 1 unspecified atom stereocenters. The molecule has 1 fully saturated rings. The molecule has 1 atom stereocenters. The lowest BCUT2D eigenvalue weighted by atomic mass is 10.0. The van der Waals surface area contributed by atoms with Gasteiger partial charge in [0.25, 0.3) is 5.91 Å². The first-order valence-electron chi connectivity index (χ1n) is 10.1. The van der Waals surface area contributed by atoms with Crippen LogP contribution in [0.3, 0.4) is 0 Å². The number of rotatable bonds is 5. The van der Waals surface area contributed by atoms with E-state index in [4.69, 9.17) is 16.3 Å². The fraction of sp³-hybridized carbons (Fsp3) is 0.348. The minimum atomic E-state index is -0.137. The van der Waals surface area contributed by atoms with Gasteiger partial charge in [-0.1, -0.05) is 29.8 Å². The van der Waals surface area contributed by atoms with Crippen LogP contribution >= 0.6 is 11.6 Å². The van der Waals surface area contributed by atoms with Gasteiger partial charge in [-0.3, -0.25) is 9.69 Å². The largest absolute Gasteiger partial charge is 0.379 e. The van der Waals surface area contributed by atoms with Gasteiger partial charge in [0, 0.05) is 30.2 Å². The molecule has 3 aromatic rings. The number of aryl methyl sites for hydroxylation is 2. The van der Waals surface area contributed by atoms with Gasteiger partial charge in [0.15, 0.2) is 0 Å². The molecule has 30 heavy (non-hydrogen) atoms. The van der Waals surface area contributed by atoms with Crippen molar-refractivity contribution in [3.8, 4) is 0 Å². The van der Waals surface area contributed by atoms with Crippen LogP contribution in [-0.4, -0.2) is 53.6 Å². The molecule has 1 aliphatic heterocycles. The van der Waals surface area contributed by atoms with Crippen LogP contribution in [0, 0.1) is 13.8 Å². The van der Waals surface area contributed by atoms with Crippen molar-refractivity contribution in [3.63, 3.8) is 0 Å². The average molecular weight is 425 g/mol. The van der Waals surface area contributed by atoms with E-state index in [9.17, 15) is 4.79 Å². The molecule has 2 aromatic carbocycles. The predicted octanol–water partition coefficient (Wildman–Crippen LogP) is 3.70. The standard InChI is InChI=1S/C23H25ClN4O2/c1-15-16(2)27-21-13-17(7-8-20(21)26-15)23(29)25-14-22(28-9-11-30-12-10-28)18-5-3-4-6-19(18)24/h3-8,13,22H,9-12,14H2,1-2H3,(H,25,29). The van der Waals surface area contributed by atoms with Crippen molar-refractivity contribution < 1.29 is 9.53 Å². The van der Waals surface area contributed by atoms with E-state index in [1.807, 2.05) is 44.2 Å². The number of nitrogens with zero attached hydrogens (tertiary/aromatic N) is 3. The molecule has 156 valence electrons. The molecule has 0 aliphatic carbocycles. The van der Waals surface area contributed by atoms with Crippen LogP contribution in [0.1, 0.15) is 33.4 Å². The molecule has 2 heterocycles. The predicted molar refractivity (Wildman–Crippen MR) is 118 cm³/mol. The Morgan fingerprint density at radius 1 is 1.10 bits per heavy atom. The normalized spacial score (nSPS) is 15.8. The number of amides is 1. The Morgan fingerprint density at radius 3 is 2.53 bits per heavy atom. The Kier molecular flexibility index (Phi) is 6.27. The van der Waals surface area contributed by atoms with Crippen LogP contribution in [0.5, 0.6) is 0 Å². The zero-order valence-electron chi connectivity index (χ0n) is 17.2. The van der Waals surface area contributed by atoms with Gasteiger partial charge in [-0.05, 0) is 43.7 Å². The molecule has 1 aromatic heterocycles. The van der Waals surface area contributed by atoms with E-state index < -0.39 is 0 Å². The van der Waals surface area contributed by atoms with Crippen LogP contribution < -0.4 is 5.32 Å². The highest BCUT2D eigenvalue weighted by molar-refractivity contribution is 6.31. The Hall–Kier alpha value is -2.54. The number of aromatic nitrogens is 2. The van der Waals surface area contributed by atoms with Gasteiger partial charge in [-0.25, -0.2) is 9.97 Å². The second kappa shape index (κ2) is 9.08. The number of ether oxygens (including phenoxy) is 1. The van der Waals surface area contributed by atoms with E-state index in [2.05, 4.69) is 20.2 Å². The minimum absolute atomic E-state index is 0.0170. The molecule has 1 aliphatic rings. The van der Waals surface area contributed by atoms with Crippen molar-refractivity contribution in [1.29, 1.82) is 0 Å². The molecule has 0 spiro atoms. The smallest absolute Gasteiger partial charge is 0.251 e. The zero-order chi connectivity index (χ0) is 21.1. The molecule has 0 saturated carbocycles. The maximum atomic E-state index is 12.9. The zero-order valence-corrected chi connectivity index (χ0v) is 17.9. The summed E-state index contributed by atoms with van der Waals surface area (Å²) in [5, 5.41) is 3.79. The summed E-state index contributed by atoms with van der Waals surface area (Å²) in [7, 11) is 0. The van der Waals surface area contributed by atoms with E-state index in [1.54, 1.807) is 12.1 Å². The number of carbonyl (C=O) groups is 1. The number of benzene rings is 2. The molecule has 0 bridgehead atoms. The SMILES string of the molecule is Cc1nc2ccc(C(=O)NCC(c3ccccc3Cl)N3CCOCC3)cc2nc1C. The monoisotopic (exact) mass is 424 g/mol. The van der Waals surface area contributed by atoms with Gasteiger partial charge < -0.3 is 10.1 Å². The van der Waals surface area contributed by atoms with Gasteiger partial charge in [0.2, 0.25) is 0 Å². The minimum Gasteiger partial charge on any atom is -0.379 e. The first kappa shape index (κ1) is 20.7. The summed E-state index contributed by atoms with van der Waals surface area (Å²) in [4.78, 5) is 24.3. The lowest BCUT2D eigenvalue weighted by Crippen LogP contribution is -2.44. The molecular formula is C23H25ClN4O2. The third-order valence-electron chi connectivity index (χ3n) is 5.54. The molecule has 1 N–H and O–H groups in total. The number of hydrogen-bond acceptors (Lipinski definition) is 5. The van der Waals surface area contributed by atoms with Crippen LogP contribution in [0.25, 0.3) is 11.0 Å². The quantitative estimate of drug-likeness (QED) is 0.676. The van der Waals surface area contributed by atoms with Crippen molar-refractivity contribution in [2.75, 3.05) is 32.8 Å². The summed E-state index contributed by atoms with van der Waals surface area (Å²) in [5.74, 6) is -0.137. The van der Waals surface area contributed by atoms with Gasteiger partial charge >= 0.3 is 0 Å². The molecule has 4 rings (SSSR count). The van der Waals surface area contributed by atoms with Crippen molar-refractivity contribution in [3.05, 3.63) is 70.0 Å². The van der Waals surface area contributed by atoms with Gasteiger partial charge in [-0.15, -0.1) is 0 Å². The maximum Gasteiger partial charge on any atom is 0.251 e. The van der Waals surface area contributed by atoms with Crippen molar-refractivity contribution in [2.45, 2.75) is 19.9 Å². The number of morpholine rings is 1. The van der Waals surface area contributed by atoms with Crippen LogP contribution in [0.15, 0.2) is 42.5 Å². The van der Waals surface area contributed by atoms with Crippen molar-refractivity contribution in [2.24, 2.45) is 0 Å². The second-order valence-electron chi connectivity index (χ2n) is 7.49. The average Bonchev–Trinajstić information content (AvgIpc) is 2.76. The van der Waals surface area contributed by atoms with Crippen molar-refractivity contribution >= 4 is 28.5 Å². The van der Waals surface area contributed by atoms with E-state index in [1.165, 1.54) is 0 Å². The summed E-state index contributed by atoms with van der Waals surface area (Å²) in [5.41, 5.74) is 4.86. The second-order valence-corrected chi connectivity index (χ2v) is 7.90. The Morgan fingerprint density at radius 2 is 1.80 bits per heavy atom. The van der Waals surface area contributed by atoms with Crippen LogP contribution in [-0.2, 0) is 4.74 Å². The molecular weight excluding hydrogens is 400 g/mol. The maximum absolute atomic E-state index is 12.9. The number of halogens is 1. The first-order chi connectivity index (χ1) is 14.5. The number of carbonyl (C=O) groups excluding carboxylic acids is 1. The summed E-state index contributed by atoms with van der Waals surface area (Å²) in [6, 6.07) is 13.2. The summed E-state index contributed by atoms with van der Waals surface area (Å²) >= 11 is 6.48.